The second-order valence-corrected chi connectivity index (χ2v) is 9.20. The number of ether oxygens (including phenoxy) is 1. The number of alkyl carbamates (subject to hydrolysis) is 1. The number of aromatic nitrogens is 2. The van der Waals surface area contributed by atoms with Gasteiger partial charge in [-0.1, -0.05) is 30.3 Å². The summed E-state index contributed by atoms with van der Waals surface area (Å²) >= 11 is 0. The van der Waals surface area contributed by atoms with Crippen LogP contribution in [0.15, 0.2) is 73.1 Å². The van der Waals surface area contributed by atoms with Crippen molar-refractivity contribution >= 4 is 28.7 Å². The number of halogens is 1. The van der Waals surface area contributed by atoms with E-state index in [1.165, 1.54) is 12.1 Å². The number of fused-ring (bicyclic) bond motifs is 1. The minimum Gasteiger partial charge on any atom is -0.444 e. The van der Waals surface area contributed by atoms with E-state index in [1.54, 1.807) is 45.3 Å². The molecule has 0 saturated carbocycles. The summed E-state index contributed by atoms with van der Waals surface area (Å²) in [5.41, 5.74) is 2.58. The number of hydrogen-bond acceptors (Lipinski definition) is 4. The number of H-pyrrole nitrogens is 1. The van der Waals surface area contributed by atoms with Crippen LogP contribution in [0, 0.1) is 5.82 Å². The van der Waals surface area contributed by atoms with E-state index in [9.17, 15) is 14.0 Å². The predicted octanol–water partition coefficient (Wildman–Crippen LogP) is 5.44. The third kappa shape index (κ3) is 6.23. The Labute approximate surface area is 202 Å². The number of anilines is 1. The quantitative estimate of drug-likeness (QED) is 0.347. The van der Waals surface area contributed by atoms with Crippen molar-refractivity contribution in [3.63, 3.8) is 0 Å². The number of benzene rings is 2. The fourth-order valence-corrected chi connectivity index (χ4v) is 3.69. The Morgan fingerprint density at radius 3 is 2.54 bits per heavy atom. The second-order valence-electron chi connectivity index (χ2n) is 9.20. The molecule has 0 saturated heterocycles. The van der Waals surface area contributed by atoms with Crippen LogP contribution >= 0.6 is 0 Å². The Morgan fingerprint density at radius 2 is 1.86 bits per heavy atom. The maximum Gasteiger partial charge on any atom is 0.408 e. The molecular weight excluding hydrogens is 447 g/mol. The third-order valence-electron chi connectivity index (χ3n) is 5.26. The average molecular weight is 475 g/mol. The summed E-state index contributed by atoms with van der Waals surface area (Å²) in [6.45, 7) is 5.28. The zero-order valence-corrected chi connectivity index (χ0v) is 19.8. The van der Waals surface area contributed by atoms with E-state index in [2.05, 4.69) is 20.6 Å². The number of nitrogens with one attached hydrogen (secondary N) is 3. The Bertz CT molecular complexity index is 1330. The number of hydrogen-bond donors (Lipinski definition) is 3. The maximum absolute atomic E-state index is 13.5. The van der Waals surface area contributed by atoms with Gasteiger partial charge in [-0.15, -0.1) is 0 Å². The van der Waals surface area contributed by atoms with E-state index >= 15 is 0 Å². The summed E-state index contributed by atoms with van der Waals surface area (Å²) in [6, 6.07) is 16.6. The van der Waals surface area contributed by atoms with Gasteiger partial charge in [-0.05, 0) is 56.7 Å². The number of aromatic amines is 1. The lowest BCUT2D eigenvalue weighted by molar-refractivity contribution is -0.118. The van der Waals surface area contributed by atoms with Gasteiger partial charge >= 0.3 is 6.09 Å². The maximum atomic E-state index is 13.5. The number of carbonyl (C=O) groups is 2. The molecule has 0 aliphatic heterocycles. The molecule has 2 aromatic carbocycles. The number of rotatable bonds is 6. The van der Waals surface area contributed by atoms with Crippen LogP contribution in [0.25, 0.3) is 22.0 Å². The molecule has 0 aliphatic rings. The summed E-state index contributed by atoms with van der Waals surface area (Å²) in [7, 11) is 0. The smallest absolute Gasteiger partial charge is 0.408 e. The van der Waals surface area contributed by atoms with Gasteiger partial charge < -0.3 is 20.4 Å². The lowest BCUT2D eigenvalue weighted by atomic mass is 10.1. The molecule has 2 aromatic heterocycles. The molecule has 0 spiro atoms. The monoisotopic (exact) mass is 474 g/mol. The first-order chi connectivity index (χ1) is 16.7. The molecule has 0 aliphatic carbocycles. The van der Waals surface area contributed by atoms with E-state index < -0.39 is 23.6 Å². The van der Waals surface area contributed by atoms with Crippen molar-refractivity contribution in [2.45, 2.75) is 38.8 Å². The third-order valence-corrected chi connectivity index (χ3v) is 5.26. The molecule has 2 heterocycles. The van der Waals surface area contributed by atoms with Crippen molar-refractivity contribution < 1.29 is 18.7 Å². The minimum absolute atomic E-state index is 0.288. The Kier molecular flexibility index (Phi) is 6.82. The average Bonchev–Trinajstić information content (AvgIpc) is 3.21. The van der Waals surface area contributed by atoms with Gasteiger partial charge in [-0.3, -0.25) is 4.79 Å². The van der Waals surface area contributed by atoms with E-state index in [0.717, 1.165) is 22.1 Å². The predicted molar refractivity (Wildman–Crippen MR) is 133 cm³/mol. The van der Waals surface area contributed by atoms with Gasteiger partial charge in [0.2, 0.25) is 5.91 Å². The van der Waals surface area contributed by atoms with Crippen LogP contribution in [0.5, 0.6) is 0 Å². The van der Waals surface area contributed by atoms with Gasteiger partial charge in [-0.2, -0.15) is 0 Å². The molecule has 180 valence electrons. The van der Waals surface area contributed by atoms with Crippen molar-refractivity contribution in [2.75, 3.05) is 5.32 Å². The standard InChI is InChI=1S/C27H27FN4O3/c1-27(2,3)35-26(34)31-23(13-17-7-5-4-6-8-17)25(33)32-24-12-9-18(15-30-24)21-16-29-22-14-19(28)10-11-20(21)22/h4-12,14-16,23,29H,13H2,1-3H3,(H,31,34)(H,30,32,33)/t23-/m0/s1. The van der Waals surface area contributed by atoms with Crippen molar-refractivity contribution in [2.24, 2.45) is 0 Å². The fraction of sp³-hybridized carbons (Fsp3) is 0.222. The first-order valence-electron chi connectivity index (χ1n) is 11.3. The van der Waals surface area contributed by atoms with Gasteiger partial charge in [0.1, 0.15) is 23.3 Å². The summed E-state index contributed by atoms with van der Waals surface area (Å²) in [5, 5.41) is 6.30. The molecule has 0 fully saturated rings. The number of pyridine rings is 1. The summed E-state index contributed by atoms with van der Waals surface area (Å²) in [6.07, 6.45) is 3.04. The fourth-order valence-electron chi connectivity index (χ4n) is 3.69. The molecule has 8 heteroatoms. The molecule has 2 amide bonds. The molecular formula is C27H27FN4O3. The molecule has 0 unspecified atom stereocenters. The molecule has 4 aromatic rings. The zero-order valence-electron chi connectivity index (χ0n) is 19.8. The summed E-state index contributed by atoms with van der Waals surface area (Å²) < 4.78 is 18.8. The zero-order chi connectivity index (χ0) is 25.0. The van der Waals surface area contributed by atoms with E-state index in [-0.39, 0.29) is 12.2 Å². The van der Waals surface area contributed by atoms with Crippen molar-refractivity contribution in [1.82, 2.24) is 15.3 Å². The summed E-state index contributed by atoms with van der Waals surface area (Å²) in [4.78, 5) is 32.9. The Morgan fingerprint density at radius 1 is 1.09 bits per heavy atom. The lowest BCUT2D eigenvalue weighted by Crippen LogP contribution is -2.47. The molecule has 4 rings (SSSR count). The highest BCUT2D eigenvalue weighted by molar-refractivity contribution is 5.97. The first kappa shape index (κ1) is 23.9. The van der Waals surface area contributed by atoms with Gasteiger partial charge in [0.05, 0.1) is 0 Å². The molecule has 1 atom stereocenters. The molecule has 0 radical (unpaired) electrons. The summed E-state index contributed by atoms with van der Waals surface area (Å²) in [5.74, 6) is -0.386. The van der Waals surface area contributed by atoms with Crippen LogP contribution in [0.2, 0.25) is 0 Å². The highest BCUT2D eigenvalue weighted by Crippen LogP contribution is 2.29. The van der Waals surface area contributed by atoms with Gasteiger partial charge in [0.15, 0.2) is 0 Å². The SMILES string of the molecule is CC(C)(C)OC(=O)N[C@@H](Cc1ccccc1)C(=O)Nc1ccc(-c2c[nH]c3cc(F)ccc23)cn1. The lowest BCUT2D eigenvalue weighted by Gasteiger charge is -2.23. The van der Waals surface area contributed by atoms with Crippen LogP contribution in [0.1, 0.15) is 26.3 Å². The van der Waals surface area contributed by atoms with Crippen LogP contribution < -0.4 is 10.6 Å². The van der Waals surface area contributed by atoms with Gasteiger partial charge in [0.25, 0.3) is 0 Å². The second kappa shape index (κ2) is 9.97. The van der Waals surface area contributed by atoms with Crippen molar-refractivity contribution in [1.29, 1.82) is 0 Å². The van der Waals surface area contributed by atoms with Crippen molar-refractivity contribution in [3.8, 4) is 11.1 Å². The first-order valence-corrected chi connectivity index (χ1v) is 11.3. The number of nitrogens with zero attached hydrogens (tertiary/aromatic N) is 1. The molecule has 3 N–H and O–H groups in total. The van der Waals surface area contributed by atoms with Crippen LogP contribution in [0.3, 0.4) is 0 Å². The Balaban J connectivity index is 1.49. The van der Waals surface area contributed by atoms with Gasteiger partial charge in [0, 0.05) is 40.8 Å². The highest BCUT2D eigenvalue weighted by Gasteiger charge is 2.25. The topological polar surface area (TPSA) is 96.1 Å². The molecule has 35 heavy (non-hydrogen) atoms. The number of carbonyl (C=O) groups excluding carboxylic acids is 2. The normalized spacial score (nSPS) is 12.2. The van der Waals surface area contributed by atoms with E-state index in [1.807, 2.05) is 36.4 Å². The molecule has 0 bridgehead atoms. The highest BCUT2D eigenvalue weighted by atomic mass is 19.1. The number of amides is 2. The Hall–Kier alpha value is -4.20. The minimum atomic E-state index is -0.864. The van der Waals surface area contributed by atoms with Crippen molar-refractivity contribution in [3.05, 3.63) is 84.4 Å². The van der Waals surface area contributed by atoms with Crippen LogP contribution in [0.4, 0.5) is 15.0 Å². The van der Waals surface area contributed by atoms with Crippen LogP contribution in [-0.4, -0.2) is 33.6 Å². The largest absolute Gasteiger partial charge is 0.444 e. The van der Waals surface area contributed by atoms with Crippen LogP contribution in [-0.2, 0) is 16.0 Å². The van der Waals surface area contributed by atoms with E-state index in [0.29, 0.717) is 11.3 Å². The van der Waals surface area contributed by atoms with E-state index in [4.69, 9.17) is 4.74 Å². The van der Waals surface area contributed by atoms with Gasteiger partial charge in [-0.25, -0.2) is 14.2 Å². The molecule has 7 nitrogen and oxygen atoms in total.